The smallest absolute Gasteiger partial charge is 0.239 e. The van der Waals surface area contributed by atoms with Crippen molar-refractivity contribution in [2.75, 3.05) is 20.1 Å². The van der Waals surface area contributed by atoms with Gasteiger partial charge < -0.3 is 9.88 Å². The molecular formula is C14H18F2N2. The second kappa shape index (κ2) is 5.96. The number of halogens is 2. The highest BCUT2D eigenvalue weighted by Crippen LogP contribution is 2.18. The van der Waals surface area contributed by atoms with Crippen LogP contribution < -0.4 is 0 Å². The fourth-order valence-corrected chi connectivity index (χ4v) is 2.08. The van der Waals surface area contributed by atoms with Gasteiger partial charge in [0.1, 0.15) is 0 Å². The molecule has 1 aromatic carbocycles. The Hall–Kier alpha value is -1.42. The van der Waals surface area contributed by atoms with E-state index in [2.05, 4.69) is 11.1 Å². The van der Waals surface area contributed by atoms with E-state index >= 15 is 0 Å². The van der Waals surface area contributed by atoms with Gasteiger partial charge in [-0.05, 0) is 25.1 Å². The molecule has 18 heavy (non-hydrogen) atoms. The van der Waals surface area contributed by atoms with Gasteiger partial charge in [0.25, 0.3) is 0 Å². The summed E-state index contributed by atoms with van der Waals surface area (Å²) < 4.78 is 24.2. The number of para-hydroxylation sites is 1. The second-order valence-corrected chi connectivity index (χ2v) is 4.59. The Morgan fingerprint density at radius 1 is 1.22 bits per heavy atom. The summed E-state index contributed by atoms with van der Waals surface area (Å²) in [5.41, 5.74) is 2.37. The second-order valence-electron chi connectivity index (χ2n) is 4.59. The van der Waals surface area contributed by atoms with Gasteiger partial charge in [-0.1, -0.05) is 18.2 Å². The quantitative estimate of drug-likeness (QED) is 0.835. The zero-order chi connectivity index (χ0) is 13.0. The van der Waals surface area contributed by atoms with Crippen molar-refractivity contribution in [3.8, 4) is 0 Å². The van der Waals surface area contributed by atoms with Gasteiger partial charge in [0.2, 0.25) is 6.43 Å². The fourth-order valence-electron chi connectivity index (χ4n) is 2.08. The lowest BCUT2D eigenvalue weighted by Crippen LogP contribution is -2.23. The number of aromatic nitrogens is 1. The Morgan fingerprint density at radius 2 is 2.00 bits per heavy atom. The van der Waals surface area contributed by atoms with Crippen LogP contribution in [0.4, 0.5) is 8.78 Å². The van der Waals surface area contributed by atoms with Crippen LogP contribution in [0.3, 0.4) is 0 Å². The van der Waals surface area contributed by atoms with Gasteiger partial charge in [-0.3, -0.25) is 0 Å². The largest absolute Gasteiger partial charge is 0.361 e. The first-order valence-corrected chi connectivity index (χ1v) is 6.18. The first-order chi connectivity index (χ1) is 8.66. The number of fused-ring (bicyclic) bond motifs is 1. The van der Waals surface area contributed by atoms with Crippen LogP contribution in [-0.4, -0.2) is 36.4 Å². The number of nitrogens with zero attached hydrogens (tertiary/aromatic N) is 1. The molecular weight excluding hydrogens is 234 g/mol. The summed E-state index contributed by atoms with van der Waals surface area (Å²) in [6.07, 6.45) is 0.625. The lowest BCUT2D eigenvalue weighted by Gasteiger charge is -2.15. The number of alkyl halides is 2. The standard InChI is InChI=1S/C14H18F2N2/c1-18(9-7-14(15)16)8-6-11-10-17-13-5-3-2-4-12(11)13/h2-5,10,14,17H,6-9H2,1H3. The van der Waals surface area contributed by atoms with Crippen LogP contribution >= 0.6 is 0 Å². The number of hydrogen-bond acceptors (Lipinski definition) is 1. The predicted octanol–water partition coefficient (Wildman–Crippen LogP) is 3.30. The van der Waals surface area contributed by atoms with Crippen molar-refractivity contribution in [1.29, 1.82) is 0 Å². The Kier molecular flexibility index (Phi) is 4.31. The van der Waals surface area contributed by atoms with E-state index in [9.17, 15) is 8.78 Å². The van der Waals surface area contributed by atoms with E-state index in [1.54, 1.807) is 0 Å². The molecule has 0 unspecified atom stereocenters. The Balaban J connectivity index is 1.90. The third-order valence-electron chi connectivity index (χ3n) is 3.17. The first-order valence-electron chi connectivity index (χ1n) is 6.18. The highest BCUT2D eigenvalue weighted by Gasteiger charge is 2.07. The molecule has 2 nitrogen and oxygen atoms in total. The molecule has 0 aliphatic heterocycles. The highest BCUT2D eigenvalue weighted by atomic mass is 19.3. The van der Waals surface area contributed by atoms with E-state index in [1.807, 2.05) is 36.3 Å². The minimum atomic E-state index is -2.21. The van der Waals surface area contributed by atoms with Crippen LogP contribution in [0.1, 0.15) is 12.0 Å². The van der Waals surface area contributed by atoms with E-state index in [0.29, 0.717) is 6.54 Å². The Labute approximate surface area is 106 Å². The zero-order valence-electron chi connectivity index (χ0n) is 10.5. The monoisotopic (exact) mass is 252 g/mol. The molecule has 0 spiro atoms. The van der Waals surface area contributed by atoms with Crippen molar-refractivity contribution < 1.29 is 8.78 Å². The van der Waals surface area contributed by atoms with Crippen LogP contribution in [0, 0.1) is 0 Å². The maximum absolute atomic E-state index is 12.1. The summed E-state index contributed by atoms with van der Waals surface area (Å²) in [5, 5.41) is 1.22. The Morgan fingerprint density at radius 3 is 2.78 bits per heavy atom. The SMILES string of the molecule is CN(CCc1c[nH]c2ccccc12)CCC(F)F. The van der Waals surface area contributed by atoms with Gasteiger partial charge in [-0.15, -0.1) is 0 Å². The summed E-state index contributed by atoms with van der Waals surface area (Å²) >= 11 is 0. The van der Waals surface area contributed by atoms with Crippen molar-refractivity contribution in [3.05, 3.63) is 36.0 Å². The molecule has 0 saturated carbocycles. The van der Waals surface area contributed by atoms with Gasteiger partial charge in [0.05, 0.1) is 0 Å². The minimum absolute atomic E-state index is 0.0512. The number of nitrogens with one attached hydrogen (secondary N) is 1. The van der Waals surface area contributed by atoms with E-state index < -0.39 is 6.43 Å². The maximum atomic E-state index is 12.1. The van der Waals surface area contributed by atoms with Crippen molar-refractivity contribution in [3.63, 3.8) is 0 Å². The third-order valence-corrected chi connectivity index (χ3v) is 3.17. The summed E-state index contributed by atoms with van der Waals surface area (Å²) in [4.78, 5) is 5.18. The molecule has 0 atom stereocenters. The number of likely N-dealkylation sites (N-methyl/N-ethyl adjacent to an activating group) is 1. The van der Waals surface area contributed by atoms with Crippen molar-refractivity contribution >= 4 is 10.9 Å². The molecule has 1 aromatic heterocycles. The van der Waals surface area contributed by atoms with Gasteiger partial charge in [0, 0.05) is 36.6 Å². The van der Waals surface area contributed by atoms with Gasteiger partial charge in [0.15, 0.2) is 0 Å². The molecule has 0 amide bonds. The van der Waals surface area contributed by atoms with Crippen LogP contribution in [0.15, 0.2) is 30.5 Å². The lowest BCUT2D eigenvalue weighted by atomic mass is 10.1. The molecule has 0 bridgehead atoms. The predicted molar refractivity (Wildman–Crippen MR) is 70.1 cm³/mol. The molecule has 98 valence electrons. The van der Waals surface area contributed by atoms with E-state index in [1.165, 1.54) is 10.9 Å². The number of rotatable bonds is 6. The number of H-pyrrole nitrogens is 1. The maximum Gasteiger partial charge on any atom is 0.239 e. The zero-order valence-corrected chi connectivity index (χ0v) is 10.5. The Bertz CT molecular complexity index is 493. The van der Waals surface area contributed by atoms with Crippen LogP contribution in [0.2, 0.25) is 0 Å². The van der Waals surface area contributed by atoms with Crippen LogP contribution in [-0.2, 0) is 6.42 Å². The molecule has 2 rings (SSSR count). The molecule has 0 aliphatic rings. The molecule has 0 fully saturated rings. The summed E-state index contributed by atoms with van der Waals surface area (Å²) in [7, 11) is 1.89. The average Bonchev–Trinajstić information content (AvgIpc) is 2.77. The molecule has 0 radical (unpaired) electrons. The van der Waals surface area contributed by atoms with Gasteiger partial charge >= 0.3 is 0 Å². The average molecular weight is 252 g/mol. The van der Waals surface area contributed by atoms with Crippen molar-refractivity contribution in [1.82, 2.24) is 9.88 Å². The van der Waals surface area contributed by atoms with Crippen LogP contribution in [0.25, 0.3) is 10.9 Å². The highest BCUT2D eigenvalue weighted by molar-refractivity contribution is 5.83. The minimum Gasteiger partial charge on any atom is -0.361 e. The topological polar surface area (TPSA) is 19.0 Å². The van der Waals surface area contributed by atoms with E-state index in [4.69, 9.17) is 0 Å². The summed E-state index contributed by atoms with van der Waals surface area (Å²) in [6, 6.07) is 8.14. The summed E-state index contributed by atoms with van der Waals surface area (Å²) in [6.45, 7) is 1.24. The van der Waals surface area contributed by atoms with Crippen LogP contribution in [0.5, 0.6) is 0 Å². The molecule has 1 N–H and O–H groups in total. The number of benzene rings is 1. The molecule has 0 saturated heterocycles. The number of aromatic amines is 1. The van der Waals surface area contributed by atoms with E-state index in [-0.39, 0.29) is 6.42 Å². The van der Waals surface area contributed by atoms with Crippen molar-refractivity contribution in [2.24, 2.45) is 0 Å². The molecule has 0 aliphatic carbocycles. The molecule has 4 heteroatoms. The fraction of sp³-hybridized carbons (Fsp3) is 0.429. The molecule has 2 aromatic rings. The van der Waals surface area contributed by atoms with Crippen molar-refractivity contribution in [2.45, 2.75) is 19.3 Å². The van der Waals surface area contributed by atoms with Gasteiger partial charge in [-0.25, -0.2) is 8.78 Å². The lowest BCUT2D eigenvalue weighted by molar-refractivity contribution is 0.122. The normalized spacial score (nSPS) is 11.8. The van der Waals surface area contributed by atoms with E-state index in [0.717, 1.165) is 18.5 Å². The number of hydrogen-bond donors (Lipinski definition) is 1. The van der Waals surface area contributed by atoms with Gasteiger partial charge in [-0.2, -0.15) is 0 Å². The molecule has 1 heterocycles. The first kappa shape index (κ1) is 13.0. The third kappa shape index (κ3) is 3.29. The summed E-state index contributed by atoms with van der Waals surface area (Å²) in [5.74, 6) is 0.